The van der Waals surface area contributed by atoms with Crippen LogP contribution in [-0.4, -0.2) is 105 Å². The minimum Gasteiger partial charge on any atom is -0.483 e. The first-order valence-electron chi connectivity index (χ1n) is 9.45. The maximum atomic E-state index is 12.8. The predicted molar refractivity (Wildman–Crippen MR) is 102 cm³/mol. The molecular formula is C17H33N3O6S. The van der Waals surface area contributed by atoms with Gasteiger partial charge in [0, 0.05) is 45.8 Å². The van der Waals surface area contributed by atoms with Gasteiger partial charge in [-0.05, 0) is 39.3 Å². The third-order valence-corrected chi connectivity index (χ3v) is 6.95. The van der Waals surface area contributed by atoms with E-state index in [9.17, 15) is 13.2 Å². The van der Waals surface area contributed by atoms with Crippen molar-refractivity contribution < 1.29 is 27.9 Å². The zero-order valence-corrected chi connectivity index (χ0v) is 17.2. The number of carbonyl (C=O) groups excluding carboxylic acids is 1. The lowest BCUT2D eigenvalue weighted by atomic mass is 9.95. The molecule has 0 bridgehead atoms. The molecule has 0 aromatic heterocycles. The number of carboxylic acid groups (broad SMARTS) is 1. The third kappa shape index (κ3) is 7.73. The molecule has 1 N–H and O–H groups in total. The molecule has 2 aliphatic heterocycles. The molecule has 27 heavy (non-hydrogen) atoms. The molecule has 0 atom stereocenters. The summed E-state index contributed by atoms with van der Waals surface area (Å²) in [5, 5.41) is 6.89. The Morgan fingerprint density at radius 1 is 1.15 bits per heavy atom. The van der Waals surface area contributed by atoms with Crippen LogP contribution in [0.4, 0.5) is 0 Å². The molecule has 0 aromatic rings. The molecule has 1 amide bonds. The number of piperidine rings is 1. The Morgan fingerprint density at radius 2 is 1.78 bits per heavy atom. The molecule has 2 rings (SSSR count). The van der Waals surface area contributed by atoms with Crippen molar-refractivity contribution in [2.45, 2.75) is 26.2 Å². The van der Waals surface area contributed by atoms with Crippen molar-refractivity contribution in [3.8, 4) is 0 Å². The Bertz CT molecular complexity index is 549. The summed E-state index contributed by atoms with van der Waals surface area (Å²) < 4.78 is 30.7. The van der Waals surface area contributed by atoms with Gasteiger partial charge in [-0.25, -0.2) is 12.7 Å². The summed E-state index contributed by atoms with van der Waals surface area (Å²) in [7, 11) is -1.45. The third-order valence-electron chi connectivity index (χ3n) is 5.07. The Kier molecular flexibility index (Phi) is 10.8. The molecule has 0 unspecified atom stereocenters. The van der Waals surface area contributed by atoms with E-state index in [1.807, 2.05) is 4.90 Å². The van der Waals surface area contributed by atoms with Gasteiger partial charge in [0.2, 0.25) is 15.9 Å². The molecule has 2 aliphatic rings. The summed E-state index contributed by atoms with van der Waals surface area (Å²) in [4.78, 5) is 25.3. The average Bonchev–Trinajstić information content (AvgIpc) is 2.93. The minimum atomic E-state index is -3.16. The van der Waals surface area contributed by atoms with Gasteiger partial charge in [-0.1, -0.05) is 0 Å². The molecule has 9 nitrogen and oxygen atoms in total. The number of ether oxygens (including phenoxy) is 1. The molecule has 0 radical (unpaired) electrons. The molecule has 10 heteroatoms. The summed E-state index contributed by atoms with van der Waals surface area (Å²) >= 11 is 0. The monoisotopic (exact) mass is 407 g/mol. The quantitative estimate of drug-likeness (QED) is 0.614. The Labute approximate surface area is 162 Å². The first-order valence-corrected chi connectivity index (χ1v) is 11.1. The van der Waals surface area contributed by atoms with Crippen LogP contribution >= 0.6 is 0 Å². The fraction of sp³-hybridized carbons (Fsp3) is 0.882. The van der Waals surface area contributed by atoms with Crippen LogP contribution in [0.15, 0.2) is 0 Å². The van der Waals surface area contributed by atoms with Crippen LogP contribution in [0.5, 0.6) is 0 Å². The van der Waals surface area contributed by atoms with Gasteiger partial charge in [0.05, 0.1) is 12.4 Å². The maximum Gasteiger partial charge on any atom is 0.290 e. The highest BCUT2D eigenvalue weighted by Gasteiger charge is 2.31. The summed E-state index contributed by atoms with van der Waals surface area (Å²) in [6.07, 6.45) is 2.49. The van der Waals surface area contributed by atoms with E-state index in [1.165, 1.54) is 4.31 Å². The molecule has 0 aliphatic carbocycles. The van der Waals surface area contributed by atoms with Crippen molar-refractivity contribution in [1.82, 2.24) is 14.1 Å². The van der Waals surface area contributed by atoms with Crippen LogP contribution in [0.2, 0.25) is 0 Å². The number of hydrogen-bond donors (Lipinski definition) is 1. The normalized spacial score (nSPS) is 20.4. The largest absolute Gasteiger partial charge is 0.483 e. The van der Waals surface area contributed by atoms with E-state index < -0.39 is 10.0 Å². The van der Waals surface area contributed by atoms with Gasteiger partial charge in [0.15, 0.2) is 0 Å². The zero-order chi connectivity index (χ0) is 20.3. The zero-order valence-electron chi connectivity index (χ0n) is 16.4. The SMILES string of the molecule is CCS(=O)(=O)N1CCCN(C(=O)C2CCN(CCOC)CC2)CC1.O=CO. The van der Waals surface area contributed by atoms with Crippen LogP contribution < -0.4 is 0 Å². The topological polar surface area (TPSA) is 107 Å². The molecule has 158 valence electrons. The van der Waals surface area contributed by atoms with Crippen LogP contribution in [-0.2, 0) is 24.3 Å². The second kappa shape index (κ2) is 12.3. The number of hydrogen-bond acceptors (Lipinski definition) is 6. The highest BCUT2D eigenvalue weighted by atomic mass is 32.2. The number of likely N-dealkylation sites (tertiary alicyclic amines) is 1. The van der Waals surface area contributed by atoms with Crippen molar-refractivity contribution in [2.75, 3.05) is 65.3 Å². The van der Waals surface area contributed by atoms with E-state index in [4.69, 9.17) is 14.6 Å². The van der Waals surface area contributed by atoms with Crippen molar-refractivity contribution in [3.63, 3.8) is 0 Å². The van der Waals surface area contributed by atoms with Crippen molar-refractivity contribution in [1.29, 1.82) is 0 Å². The van der Waals surface area contributed by atoms with Gasteiger partial charge < -0.3 is 19.6 Å². The number of methoxy groups -OCH3 is 1. The van der Waals surface area contributed by atoms with Crippen LogP contribution in [0, 0.1) is 5.92 Å². The highest BCUT2D eigenvalue weighted by molar-refractivity contribution is 7.89. The Hall–Kier alpha value is -1.23. The summed E-state index contributed by atoms with van der Waals surface area (Å²) in [5.41, 5.74) is 0. The summed E-state index contributed by atoms with van der Waals surface area (Å²) in [5.74, 6) is 0.413. The molecule has 2 fully saturated rings. The number of amides is 1. The van der Waals surface area contributed by atoms with Crippen LogP contribution in [0.1, 0.15) is 26.2 Å². The Balaban J connectivity index is 0.00000114. The number of nitrogens with zero attached hydrogens (tertiary/aromatic N) is 3. The van der Waals surface area contributed by atoms with Crippen LogP contribution in [0.3, 0.4) is 0 Å². The molecule has 2 heterocycles. The first kappa shape index (κ1) is 23.8. The van der Waals surface area contributed by atoms with Gasteiger partial charge in [0.1, 0.15) is 0 Å². The molecule has 2 saturated heterocycles. The standard InChI is InChI=1S/C16H31N3O4S.CH2O2/c1-3-24(21,22)19-8-4-7-18(11-12-19)16(20)15-5-9-17(10-6-15)13-14-23-2;2-1-3/h15H,3-14H2,1-2H3;1H,(H,2,3). The van der Waals surface area contributed by atoms with E-state index in [2.05, 4.69) is 4.90 Å². The van der Waals surface area contributed by atoms with E-state index in [0.29, 0.717) is 26.2 Å². The molecule has 0 saturated carbocycles. The van der Waals surface area contributed by atoms with E-state index >= 15 is 0 Å². The van der Waals surface area contributed by atoms with Gasteiger partial charge >= 0.3 is 0 Å². The smallest absolute Gasteiger partial charge is 0.290 e. The summed E-state index contributed by atoms with van der Waals surface area (Å²) in [6, 6.07) is 0. The summed E-state index contributed by atoms with van der Waals surface area (Å²) in [6.45, 7) is 7.07. The van der Waals surface area contributed by atoms with Gasteiger partial charge in [-0.15, -0.1) is 0 Å². The lowest BCUT2D eigenvalue weighted by molar-refractivity contribution is -0.137. The van der Waals surface area contributed by atoms with E-state index in [0.717, 1.165) is 45.5 Å². The van der Waals surface area contributed by atoms with E-state index in [1.54, 1.807) is 14.0 Å². The van der Waals surface area contributed by atoms with Gasteiger partial charge in [-0.3, -0.25) is 9.59 Å². The number of rotatable bonds is 6. The first-order chi connectivity index (χ1) is 12.9. The Morgan fingerprint density at radius 3 is 2.33 bits per heavy atom. The molecule has 0 aromatic carbocycles. The highest BCUT2D eigenvalue weighted by Crippen LogP contribution is 2.21. The lowest BCUT2D eigenvalue weighted by Crippen LogP contribution is -2.44. The van der Waals surface area contributed by atoms with Gasteiger partial charge in [-0.2, -0.15) is 0 Å². The number of carbonyl (C=O) groups is 2. The molecule has 0 spiro atoms. The van der Waals surface area contributed by atoms with Crippen molar-refractivity contribution in [3.05, 3.63) is 0 Å². The van der Waals surface area contributed by atoms with Crippen LogP contribution in [0.25, 0.3) is 0 Å². The fourth-order valence-corrected chi connectivity index (χ4v) is 4.59. The van der Waals surface area contributed by atoms with Gasteiger partial charge in [0.25, 0.3) is 6.47 Å². The van der Waals surface area contributed by atoms with Crippen molar-refractivity contribution >= 4 is 22.4 Å². The lowest BCUT2D eigenvalue weighted by Gasteiger charge is -2.33. The maximum absolute atomic E-state index is 12.8. The number of sulfonamides is 1. The second-order valence-electron chi connectivity index (χ2n) is 6.69. The predicted octanol–water partition coefficient (Wildman–Crippen LogP) is -0.0704. The molecular weight excluding hydrogens is 374 g/mol. The fourth-order valence-electron chi connectivity index (χ4n) is 3.46. The minimum absolute atomic E-state index is 0.0816. The van der Waals surface area contributed by atoms with Crippen molar-refractivity contribution in [2.24, 2.45) is 5.92 Å². The second-order valence-corrected chi connectivity index (χ2v) is 8.95. The van der Waals surface area contributed by atoms with E-state index in [-0.39, 0.29) is 24.1 Å². The average molecular weight is 408 g/mol.